The molecular weight excluding hydrogens is 445 g/mol. The van der Waals surface area contributed by atoms with E-state index >= 15 is 0 Å². The lowest BCUT2D eigenvalue weighted by Gasteiger charge is -2.25. The lowest BCUT2D eigenvalue weighted by atomic mass is 9.91. The topological polar surface area (TPSA) is 80.2 Å². The number of benzene rings is 1. The van der Waals surface area contributed by atoms with Crippen LogP contribution in [0.5, 0.6) is 0 Å². The smallest absolute Gasteiger partial charge is 0.416 e. The third-order valence-corrected chi connectivity index (χ3v) is 5.09. The number of methoxy groups -OCH3 is 1. The number of hydrogen-bond acceptors (Lipinski definition) is 6. The standard InChI is InChI=1S/C22H27F3N2O4S/c1-7-17(30-6)19(28)18(26-5)20(32)27-13(3)21(29)31-14(4)12(2)15-10-8-9-11-16(15)22(23,24)25/h7-14,28H,5H2,1-4,6H3,(H,27,32)/b17-7+,19-18+/t12-,13+,14+/m1/s1. The van der Waals surface area contributed by atoms with E-state index in [2.05, 4.69) is 17.0 Å². The van der Waals surface area contributed by atoms with E-state index in [1.807, 2.05) is 0 Å². The highest BCUT2D eigenvalue weighted by atomic mass is 32.1. The summed E-state index contributed by atoms with van der Waals surface area (Å²) in [5.74, 6) is -1.72. The van der Waals surface area contributed by atoms with Gasteiger partial charge in [-0.2, -0.15) is 13.2 Å². The van der Waals surface area contributed by atoms with Crippen LogP contribution in [-0.4, -0.2) is 42.0 Å². The van der Waals surface area contributed by atoms with Gasteiger partial charge in [-0.1, -0.05) is 37.3 Å². The first kappa shape index (κ1) is 27.2. The highest BCUT2D eigenvalue weighted by Crippen LogP contribution is 2.36. The highest BCUT2D eigenvalue weighted by molar-refractivity contribution is 7.80. The summed E-state index contributed by atoms with van der Waals surface area (Å²) in [6.45, 7) is 9.51. The number of allylic oxidation sites excluding steroid dienone is 1. The molecule has 0 radical (unpaired) electrons. The number of nitrogens with one attached hydrogen (secondary N) is 1. The fourth-order valence-electron chi connectivity index (χ4n) is 2.84. The predicted octanol–water partition coefficient (Wildman–Crippen LogP) is 5.07. The molecule has 3 atom stereocenters. The number of aliphatic hydroxyl groups excluding tert-OH is 1. The van der Waals surface area contributed by atoms with Crippen molar-refractivity contribution in [2.45, 2.75) is 51.9 Å². The number of esters is 1. The van der Waals surface area contributed by atoms with Gasteiger partial charge in [-0.05, 0) is 45.2 Å². The van der Waals surface area contributed by atoms with Gasteiger partial charge in [-0.3, -0.25) is 4.99 Å². The van der Waals surface area contributed by atoms with Crippen molar-refractivity contribution in [3.8, 4) is 0 Å². The predicted molar refractivity (Wildman–Crippen MR) is 121 cm³/mol. The molecule has 10 heteroatoms. The molecule has 0 unspecified atom stereocenters. The zero-order valence-electron chi connectivity index (χ0n) is 18.5. The molecule has 0 spiro atoms. The normalized spacial score (nSPS) is 15.7. The Morgan fingerprint density at radius 2 is 1.88 bits per heavy atom. The molecule has 176 valence electrons. The average molecular weight is 473 g/mol. The van der Waals surface area contributed by atoms with Crippen LogP contribution in [0.15, 0.2) is 52.5 Å². The van der Waals surface area contributed by atoms with Crippen LogP contribution in [-0.2, 0) is 20.4 Å². The summed E-state index contributed by atoms with van der Waals surface area (Å²) in [5, 5.41) is 12.9. The molecule has 1 rings (SSSR count). The highest BCUT2D eigenvalue weighted by Gasteiger charge is 2.35. The third kappa shape index (κ3) is 6.81. The number of carbonyl (C=O) groups excluding carboxylic acids is 1. The van der Waals surface area contributed by atoms with Crippen molar-refractivity contribution >= 4 is 29.9 Å². The van der Waals surface area contributed by atoms with Gasteiger partial charge in [-0.15, -0.1) is 0 Å². The van der Waals surface area contributed by atoms with Gasteiger partial charge in [-0.25, -0.2) is 4.79 Å². The van der Waals surface area contributed by atoms with Crippen LogP contribution in [0.2, 0.25) is 0 Å². The number of nitrogens with zero attached hydrogens (tertiary/aromatic N) is 1. The summed E-state index contributed by atoms with van der Waals surface area (Å²) in [5.41, 5.74) is -0.848. The Bertz CT molecular complexity index is 913. The third-order valence-electron chi connectivity index (χ3n) is 4.78. The van der Waals surface area contributed by atoms with Gasteiger partial charge in [0.25, 0.3) is 0 Å². The molecule has 0 saturated carbocycles. The SMILES string of the molecule is C=N/C(C(=S)N[C@@H](C)C(=O)O[C@@H](C)[C@@H](C)c1ccccc1C(F)(F)F)=C(O)\C(=C/C)OC. The van der Waals surface area contributed by atoms with Gasteiger partial charge in [0.15, 0.2) is 11.5 Å². The van der Waals surface area contributed by atoms with Crippen LogP contribution in [0.3, 0.4) is 0 Å². The fourth-order valence-corrected chi connectivity index (χ4v) is 3.18. The molecule has 1 aromatic carbocycles. The number of aliphatic imine (C=N–C) groups is 1. The fraction of sp³-hybridized carbons (Fsp3) is 0.409. The molecule has 0 heterocycles. The van der Waals surface area contributed by atoms with Crippen molar-refractivity contribution in [1.29, 1.82) is 0 Å². The minimum atomic E-state index is -4.52. The summed E-state index contributed by atoms with van der Waals surface area (Å²) in [7, 11) is 1.35. The zero-order chi connectivity index (χ0) is 24.6. The van der Waals surface area contributed by atoms with Crippen molar-refractivity contribution in [2.24, 2.45) is 4.99 Å². The maximum absolute atomic E-state index is 13.3. The quantitative estimate of drug-likeness (QED) is 0.131. The van der Waals surface area contributed by atoms with Crippen LogP contribution in [0, 0.1) is 0 Å². The second-order valence-corrected chi connectivity index (χ2v) is 7.33. The molecule has 0 saturated heterocycles. The minimum absolute atomic E-state index is 0.0286. The lowest BCUT2D eigenvalue weighted by molar-refractivity contribution is -0.151. The van der Waals surface area contributed by atoms with Crippen molar-refractivity contribution in [3.05, 3.63) is 58.7 Å². The Balaban J connectivity index is 2.94. The second-order valence-electron chi connectivity index (χ2n) is 6.92. The van der Waals surface area contributed by atoms with Crippen molar-refractivity contribution in [2.75, 3.05) is 7.11 Å². The first-order valence-corrected chi connectivity index (χ1v) is 10.1. The Labute approximate surface area is 190 Å². The van der Waals surface area contributed by atoms with E-state index in [0.29, 0.717) is 0 Å². The molecule has 1 aromatic rings. The Hall–Kier alpha value is -2.88. The molecule has 32 heavy (non-hydrogen) atoms. The van der Waals surface area contributed by atoms with E-state index in [0.717, 1.165) is 6.07 Å². The molecule has 0 aliphatic rings. The van der Waals surface area contributed by atoms with Crippen LogP contribution in [0.25, 0.3) is 0 Å². The molecule has 0 aliphatic carbocycles. The molecule has 0 amide bonds. The largest absolute Gasteiger partial charge is 0.503 e. The summed E-state index contributed by atoms with van der Waals surface area (Å²) < 4.78 is 50.3. The Morgan fingerprint density at radius 3 is 2.38 bits per heavy atom. The van der Waals surface area contributed by atoms with Crippen LogP contribution >= 0.6 is 12.2 Å². The molecule has 0 aliphatic heterocycles. The maximum atomic E-state index is 13.3. The summed E-state index contributed by atoms with van der Waals surface area (Å²) in [6, 6.07) is 4.18. The maximum Gasteiger partial charge on any atom is 0.416 e. The number of halogens is 3. The first-order chi connectivity index (χ1) is 14.9. The van der Waals surface area contributed by atoms with E-state index in [4.69, 9.17) is 21.7 Å². The number of carbonyl (C=O) groups is 1. The number of thiocarbonyl (C=S) groups is 1. The Kier molecular flexibility index (Phi) is 9.89. The summed E-state index contributed by atoms with van der Waals surface area (Å²) >= 11 is 5.18. The van der Waals surface area contributed by atoms with Crippen molar-refractivity contribution in [3.63, 3.8) is 0 Å². The van der Waals surface area contributed by atoms with Crippen molar-refractivity contribution in [1.82, 2.24) is 5.32 Å². The van der Waals surface area contributed by atoms with Gasteiger partial charge in [0, 0.05) is 5.92 Å². The average Bonchev–Trinajstić information content (AvgIpc) is 2.73. The monoisotopic (exact) mass is 472 g/mol. The molecule has 0 fully saturated rings. The second kappa shape index (κ2) is 11.7. The minimum Gasteiger partial charge on any atom is -0.503 e. The van der Waals surface area contributed by atoms with E-state index in [1.165, 1.54) is 45.2 Å². The molecule has 0 aromatic heterocycles. The molecule has 6 nitrogen and oxygen atoms in total. The van der Waals surface area contributed by atoms with Gasteiger partial charge >= 0.3 is 12.1 Å². The zero-order valence-corrected chi connectivity index (χ0v) is 19.3. The van der Waals surface area contributed by atoms with E-state index in [-0.39, 0.29) is 27.8 Å². The number of aliphatic hydroxyl groups is 1. The number of ether oxygens (including phenoxy) is 2. The van der Waals surface area contributed by atoms with Gasteiger partial charge in [0.05, 0.1) is 12.7 Å². The van der Waals surface area contributed by atoms with Gasteiger partial charge in [0.2, 0.25) is 0 Å². The van der Waals surface area contributed by atoms with Gasteiger partial charge in [0.1, 0.15) is 22.8 Å². The van der Waals surface area contributed by atoms with Gasteiger partial charge < -0.3 is 19.9 Å². The van der Waals surface area contributed by atoms with Crippen LogP contribution in [0.1, 0.15) is 44.7 Å². The van der Waals surface area contributed by atoms with E-state index < -0.39 is 35.8 Å². The molecule has 0 bridgehead atoms. The molecular formula is C22H27F3N2O4S. The van der Waals surface area contributed by atoms with E-state index in [9.17, 15) is 23.1 Å². The first-order valence-electron chi connectivity index (χ1n) is 9.67. The van der Waals surface area contributed by atoms with Crippen LogP contribution in [0.4, 0.5) is 13.2 Å². The number of hydrogen-bond donors (Lipinski definition) is 2. The lowest BCUT2D eigenvalue weighted by Crippen LogP contribution is -2.41. The van der Waals surface area contributed by atoms with Crippen molar-refractivity contribution < 1.29 is 32.5 Å². The Morgan fingerprint density at radius 1 is 1.28 bits per heavy atom. The number of alkyl halides is 3. The van der Waals surface area contributed by atoms with E-state index in [1.54, 1.807) is 13.8 Å². The summed E-state index contributed by atoms with van der Waals surface area (Å²) in [4.78, 5) is 16.1. The summed E-state index contributed by atoms with van der Waals surface area (Å²) in [6.07, 6.45) is -3.89. The van der Waals surface area contributed by atoms with Crippen LogP contribution < -0.4 is 5.32 Å². The number of rotatable bonds is 9. The molecule has 2 N–H and O–H groups in total.